The Morgan fingerprint density at radius 3 is 2.58 bits per heavy atom. The van der Waals surface area contributed by atoms with Crippen molar-refractivity contribution in [2.45, 2.75) is 19.0 Å². The molecule has 2 heterocycles. The summed E-state index contributed by atoms with van der Waals surface area (Å²) in [6.07, 6.45) is 1.48. The second-order valence-electron chi connectivity index (χ2n) is 5.54. The summed E-state index contributed by atoms with van der Waals surface area (Å²) in [6.45, 7) is 1.58. The van der Waals surface area contributed by atoms with Crippen molar-refractivity contribution >= 4 is 17.8 Å². The van der Waals surface area contributed by atoms with Crippen molar-refractivity contribution in [1.29, 1.82) is 0 Å². The van der Waals surface area contributed by atoms with E-state index >= 15 is 0 Å². The Kier molecular flexibility index (Phi) is 6.21. The Balaban J connectivity index is 0.00000208. The zero-order valence-corrected chi connectivity index (χ0v) is 16.5. The molecule has 3 atom stereocenters. The molecule has 1 N–H and O–H groups in total. The molecule has 0 bridgehead atoms. The first-order valence-electron chi connectivity index (χ1n) is 7.22. The minimum atomic E-state index is -1.38. The molecule has 3 rings (SSSR count). The molecule has 1 saturated heterocycles. The first-order chi connectivity index (χ1) is 11.0. The van der Waals surface area contributed by atoms with Crippen molar-refractivity contribution in [2.24, 2.45) is 5.92 Å². The van der Waals surface area contributed by atoms with Crippen LogP contribution in [0.15, 0.2) is 42.1 Å². The van der Waals surface area contributed by atoms with Gasteiger partial charge in [0.15, 0.2) is 6.61 Å². The van der Waals surface area contributed by atoms with Crippen molar-refractivity contribution in [2.75, 3.05) is 6.61 Å². The van der Waals surface area contributed by atoms with Crippen LogP contribution in [0.2, 0.25) is 0 Å². The predicted molar refractivity (Wildman–Crippen MR) is 76.8 cm³/mol. The topological polar surface area (TPSA) is 98.8 Å². The third-order valence-electron chi connectivity index (χ3n) is 4.00. The van der Waals surface area contributed by atoms with Crippen LogP contribution >= 0.6 is 0 Å². The van der Waals surface area contributed by atoms with Crippen LogP contribution in [0.3, 0.4) is 0 Å². The number of nitrogens with one attached hydrogen (secondary N) is 1. The van der Waals surface area contributed by atoms with E-state index in [9.17, 15) is 19.5 Å². The second-order valence-corrected chi connectivity index (χ2v) is 5.54. The summed E-state index contributed by atoms with van der Waals surface area (Å²) in [7, 11) is 0. The fraction of sp³-hybridized carbons (Fsp3) is 0.312. The van der Waals surface area contributed by atoms with Gasteiger partial charge in [-0.2, -0.15) is 0 Å². The molecule has 0 spiro atoms. The van der Waals surface area contributed by atoms with E-state index in [-0.39, 0.29) is 75.6 Å². The van der Waals surface area contributed by atoms with Crippen LogP contribution < -0.4 is 66.5 Å². The molecule has 1 aromatic rings. The number of benzene rings is 1. The Bertz CT molecular complexity index is 691. The Labute approximate surface area is 181 Å². The van der Waals surface area contributed by atoms with Gasteiger partial charge in [0.05, 0.1) is 17.7 Å². The van der Waals surface area contributed by atoms with Gasteiger partial charge in [-0.25, -0.2) is 0 Å². The molecule has 0 saturated carbocycles. The average Bonchev–Trinajstić information content (AvgIpc) is 2.85. The molecule has 1 fully saturated rings. The molecule has 0 aliphatic carbocycles. The van der Waals surface area contributed by atoms with E-state index in [4.69, 9.17) is 4.74 Å². The molecule has 0 aromatic heterocycles. The van der Waals surface area contributed by atoms with E-state index in [1.165, 1.54) is 11.0 Å². The summed E-state index contributed by atoms with van der Waals surface area (Å²) in [4.78, 5) is 36.1. The van der Waals surface area contributed by atoms with Gasteiger partial charge in [-0.05, 0) is 18.1 Å². The van der Waals surface area contributed by atoms with Crippen LogP contribution in [0, 0.1) is 5.92 Å². The number of carboxylic acid groups (broad SMARTS) is 1. The van der Waals surface area contributed by atoms with E-state index in [0.717, 1.165) is 0 Å². The fourth-order valence-electron chi connectivity index (χ4n) is 2.95. The van der Waals surface area contributed by atoms with E-state index in [1.807, 2.05) is 6.07 Å². The smallest absolute Gasteiger partial charge is 0.543 e. The molecule has 8 heteroatoms. The summed E-state index contributed by atoms with van der Waals surface area (Å²) in [5.41, 5.74) is -0.126. The molecule has 2 aliphatic rings. The van der Waals surface area contributed by atoms with Gasteiger partial charge in [0.25, 0.3) is 11.8 Å². The van der Waals surface area contributed by atoms with Crippen molar-refractivity contribution in [3.63, 3.8) is 0 Å². The number of nitrogens with zero attached hydrogens (tertiary/aromatic N) is 1. The second kappa shape index (κ2) is 7.79. The van der Waals surface area contributed by atoms with E-state index < -0.39 is 23.8 Å². The first-order valence-corrected chi connectivity index (χ1v) is 7.22. The number of fused-ring (bicyclic) bond motifs is 1. The minimum absolute atomic E-state index is 0. The number of aliphatic carboxylic acids is 1. The van der Waals surface area contributed by atoms with Gasteiger partial charge in [-0.1, -0.05) is 31.2 Å². The van der Waals surface area contributed by atoms with Gasteiger partial charge in [0.2, 0.25) is 0 Å². The van der Waals surface area contributed by atoms with Gasteiger partial charge < -0.3 is 24.9 Å². The van der Waals surface area contributed by atoms with Crippen molar-refractivity contribution < 1.29 is 75.6 Å². The molecule has 24 heavy (non-hydrogen) atoms. The normalized spacial score (nSPS) is 24.2. The molecule has 0 radical (unpaired) electrons. The summed E-state index contributed by atoms with van der Waals surface area (Å²) < 4.78 is 5.32. The summed E-state index contributed by atoms with van der Waals surface area (Å²) >= 11 is 0. The Morgan fingerprint density at radius 1 is 1.29 bits per heavy atom. The molecule has 0 unspecified atom stereocenters. The van der Waals surface area contributed by atoms with E-state index in [1.54, 1.807) is 31.2 Å². The number of para-hydroxylation sites is 1. The van der Waals surface area contributed by atoms with E-state index in [2.05, 4.69) is 5.32 Å². The number of ether oxygens (including phenoxy) is 1. The molecule has 1 aromatic carbocycles. The summed E-state index contributed by atoms with van der Waals surface area (Å²) in [5, 5.41) is 13.6. The fourth-order valence-corrected chi connectivity index (χ4v) is 2.95. The third kappa shape index (κ3) is 3.57. The monoisotopic (exact) mass is 354 g/mol. The quantitative estimate of drug-likeness (QED) is 0.430. The number of amides is 2. The largest absolute Gasteiger partial charge is 1.00 e. The van der Waals surface area contributed by atoms with Gasteiger partial charge in [0.1, 0.15) is 11.8 Å². The van der Waals surface area contributed by atoms with Crippen molar-refractivity contribution in [3.8, 4) is 5.75 Å². The maximum absolute atomic E-state index is 12.1. The molecule has 7 nitrogen and oxygen atoms in total. The first kappa shape index (κ1) is 19.1. The number of hydrogen-bond acceptors (Lipinski definition) is 5. The van der Waals surface area contributed by atoms with Crippen LogP contribution in [0.5, 0.6) is 5.75 Å². The van der Waals surface area contributed by atoms with Gasteiger partial charge in [0, 0.05) is 0 Å². The van der Waals surface area contributed by atoms with Crippen LogP contribution in [0.4, 0.5) is 0 Å². The molecular weight excluding hydrogens is 339 g/mol. The van der Waals surface area contributed by atoms with E-state index in [0.29, 0.717) is 5.75 Å². The average molecular weight is 354 g/mol. The van der Waals surface area contributed by atoms with Crippen LogP contribution in [-0.4, -0.2) is 41.4 Å². The maximum atomic E-state index is 12.1. The Hall–Kier alpha value is -1.19. The number of β-lactam (4-membered cyclic amide) rings is 1. The predicted octanol–water partition coefficient (Wildman–Crippen LogP) is -3.95. The number of rotatable bonds is 5. The minimum Gasteiger partial charge on any atom is -0.543 e. The maximum Gasteiger partial charge on any atom is 1.00 e. The number of hydrogen-bond donors (Lipinski definition) is 1. The van der Waals surface area contributed by atoms with Gasteiger partial charge >= 0.3 is 51.4 Å². The standard InChI is InChI=1S/C16H16N2O5.K/c1-9-7-11(16(21)22)18-14(9)13(15(18)20)17-12(19)8-23-10-5-3-2-4-6-10;/h2-7,9,13-14H,8H2,1H3,(H,17,19)(H,21,22);/q;+1/p-1/t9-,13+,14-;/m1./s1. The molecule has 2 aliphatic heterocycles. The SMILES string of the molecule is C[C@@H]1C=C(C(=O)[O-])N2C(=O)[C@@H](NC(=O)COc3ccccc3)[C@@H]12.[K+]. The van der Waals surface area contributed by atoms with Gasteiger partial charge in [-0.3, -0.25) is 9.59 Å². The molecule has 120 valence electrons. The van der Waals surface area contributed by atoms with Crippen LogP contribution in [-0.2, 0) is 14.4 Å². The van der Waals surface area contributed by atoms with Gasteiger partial charge in [-0.15, -0.1) is 0 Å². The number of carbonyl (C=O) groups is 3. The summed E-state index contributed by atoms with van der Waals surface area (Å²) in [6, 6.07) is 7.73. The molecule has 2 amide bonds. The van der Waals surface area contributed by atoms with Crippen LogP contribution in [0.1, 0.15) is 6.92 Å². The number of carbonyl (C=O) groups excluding carboxylic acids is 3. The number of carboxylic acids is 1. The zero-order chi connectivity index (χ0) is 16.6. The molecular formula is C16H15KN2O5. The van der Waals surface area contributed by atoms with Crippen molar-refractivity contribution in [3.05, 3.63) is 42.1 Å². The zero-order valence-electron chi connectivity index (χ0n) is 13.4. The van der Waals surface area contributed by atoms with Crippen LogP contribution in [0.25, 0.3) is 0 Å². The third-order valence-corrected chi connectivity index (χ3v) is 4.00. The summed E-state index contributed by atoms with van der Waals surface area (Å²) in [5.74, 6) is -1.87. The Morgan fingerprint density at radius 2 is 1.96 bits per heavy atom. The van der Waals surface area contributed by atoms with Crippen molar-refractivity contribution in [1.82, 2.24) is 10.2 Å².